The number of likely N-dealkylation sites (tertiary alicyclic amines) is 1. The number of aromatic nitrogens is 2. The molecule has 5 heteroatoms. The molecular weight excluding hydrogens is 282 g/mol. The van der Waals surface area contributed by atoms with Crippen molar-refractivity contribution in [2.24, 2.45) is 0 Å². The van der Waals surface area contributed by atoms with E-state index in [4.69, 9.17) is 0 Å². The maximum atomic E-state index is 12.1. The fourth-order valence-corrected chi connectivity index (χ4v) is 3.84. The van der Waals surface area contributed by atoms with Gasteiger partial charge in [-0.15, -0.1) is 0 Å². The molecule has 0 saturated carbocycles. The molecule has 0 amide bonds. The number of fused-ring (bicyclic) bond motifs is 1. The highest BCUT2D eigenvalue weighted by molar-refractivity contribution is 7.99. The Kier molecular flexibility index (Phi) is 4.31. The van der Waals surface area contributed by atoms with E-state index in [2.05, 4.69) is 21.9 Å². The predicted octanol–water partition coefficient (Wildman–Crippen LogP) is 2.56. The first-order chi connectivity index (χ1) is 10.1. The summed E-state index contributed by atoms with van der Waals surface area (Å²) in [5.74, 6) is 1.58. The highest BCUT2D eigenvalue weighted by atomic mass is 32.2. The van der Waals surface area contributed by atoms with Gasteiger partial charge in [-0.25, -0.2) is 4.98 Å². The fourth-order valence-electron chi connectivity index (χ4n) is 2.77. The maximum Gasteiger partial charge on any atom is 0.258 e. The number of H-pyrrole nitrogens is 1. The Bertz CT molecular complexity index is 689. The normalized spacial score (nSPS) is 17.4. The average molecular weight is 303 g/mol. The van der Waals surface area contributed by atoms with Gasteiger partial charge in [0.25, 0.3) is 5.56 Å². The molecule has 0 radical (unpaired) electrons. The third-order valence-corrected chi connectivity index (χ3v) is 5.49. The topological polar surface area (TPSA) is 49.0 Å². The molecule has 1 fully saturated rings. The molecule has 1 saturated heterocycles. The average Bonchev–Trinajstić information content (AvgIpc) is 2.48. The Morgan fingerprint density at radius 2 is 2.14 bits per heavy atom. The van der Waals surface area contributed by atoms with Crippen molar-refractivity contribution in [2.75, 3.05) is 20.1 Å². The summed E-state index contributed by atoms with van der Waals surface area (Å²) in [7, 11) is 2.17. The summed E-state index contributed by atoms with van der Waals surface area (Å²) in [5.41, 5.74) is 1.87. The Morgan fingerprint density at radius 3 is 2.90 bits per heavy atom. The van der Waals surface area contributed by atoms with Crippen LogP contribution in [0.15, 0.2) is 23.0 Å². The molecule has 0 aliphatic carbocycles. The summed E-state index contributed by atoms with van der Waals surface area (Å²) in [6.07, 6.45) is 2.44. The van der Waals surface area contributed by atoms with Crippen LogP contribution in [0, 0.1) is 6.92 Å². The SMILES string of the molecule is Cc1cccc2c(=O)[nH]c(CSC3CCN(C)CC3)nc12. The van der Waals surface area contributed by atoms with Crippen LogP contribution >= 0.6 is 11.8 Å². The van der Waals surface area contributed by atoms with Gasteiger partial charge in [0, 0.05) is 5.25 Å². The minimum absolute atomic E-state index is 0.0253. The second-order valence-electron chi connectivity index (χ2n) is 5.80. The molecular formula is C16H21N3OS. The number of aryl methyl sites for hydroxylation is 1. The molecule has 21 heavy (non-hydrogen) atoms. The van der Waals surface area contributed by atoms with Gasteiger partial charge in [-0.3, -0.25) is 4.79 Å². The zero-order valence-electron chi connectivity index (χ0n) is 12.6. The highest BCUT2D eigenvalue weighted by Crippen LogP contribution is 2.25. The number of hydrogen-bond acceptors (Lipinski definition) is 4. The zero-order chi connectivity index (χ0) is 14.8. The third-order valence-electron chi connectivity index (χ3n) is 4.11. The van der Waals surface area contributed by atoms with Crippen LogP contribution in [0.4, 0.5) is 0 Å². The maximum absolute atomic E-state index is 12.1. The molecule has 4 nitrogen and oxygen atoms in total. The number of nitrogens with one attached hydrogen (secondary N) is 1. The Labute approximate surface area is 129 Å². The summed E-state index contributed by atoms with van der Waals surface area (Å²) in [6, 6.07) is 5.74. The number of hydrogen-bond donors (Lipinski definition) is 1. The lowest BCUT2D eigenvalue weighted by molar-refractivity contribution is 0.282. The van der Waals surface area contributed by atoms with Gasteiger partial charge in [0.15, 0.2) is 0 Å². The van der Waals surface area contributed by atoms with Gasteiger partial charge in [0.05, 0.1) is 16.7 Å². The van der Waals surface area contributed by atoms with Crippen molar-refractivity contribution < 1.29 is 0 Å². The van der Waals surface area contributed by atoms with Gasteiger partial charge in [-0.2, -0.15) is 11.8 Å². The monoisotopic (exact) mass is 303 g/mol. The number of thioether (sulfide) groups is 1. The van der Waals surface area contributed by atoms with Crippen molar-refractivity contribution in [2.45, 2.75) is 30.8 Å². The largest absolute Gasteiger partial charge is 0.309 e. The van der Waals surface area contributed by atoms with Crippen LogP contribution in [-0.4, -0.2) is 40.3 Å². The lowest BCUT2D eigenvalue weighted by atomic mass is 10.1. The van der Waals surface area contributed by atoms with Crippen molar-refractivity contribution >= 4 is 22.7 Å². The van der Waals surface area contributed by atoms with E-state index in [9.17, 15) is 4.79 Å². The van der Waals surface area contributed by atoms with E-state index in [1.807, 2.05) is 36.9 Å². The van der Waals surface area contributed by atoms with E-state index < -0.39 is 0 Å². The number of piperidine rings is 1. The lowest BCUT2D eigenvalue weighted by Crippen LogP contribution is -2.31. The number of nitrogens with zero attached hydrogens (tertiary/aromatic N) is 2. The molecule has 3 rings (SSSR count). The van der Waals surface area contributed by atoms with Crippen LogP contribution in [0.2, 0.25) is 0 Å². The smallest absolute Gasteiger partial charge is 0.258 e. The van der Waals surface area contributed by atoms with Gasteiger partial charge in [0.1, 0.15) is 5.82 Å². The van der Waals surface area contributed by atoms with Crippen molar-refractivity contribution in [3.8, 4) is 0 Å². The van der Waals surface area contributed by atoms with Gasteiger partial charge >= 0.3 is 0 Å². The second-order valence-corrected chi connectivity index (χ2v) is 7.09. The molecule has 1 aliphatic heterocycles. The number of benzene rings is 1. The van der Waals surface area contributed by atoms with Gasteiger partial charge in [-0.05, 0) is 51.5 Å². The van der Waals surface area contributed by atoms with Crippen molar-refractivity contribution in [3.63, 3.8) is 0 Å². The minimum Gasteiger partial charge on any atom is -0.309 e. The minimum atomic E-state index is -0.0253. The standard InChI is InChI=1S/C16H21N3OS/c1-11-4-3-5-13-15(11)17-14(18-16(13)20)10-21-12-6-8-19(2)9-7-12/h3-5,12H,6-10H2,1-2H3,(H,17,18,20). The quantitative estimate of drug-likeness (QED) is 0.947. The van der Waals surface area contributed by atoms with E-state index in [1.54, 1.807) is 0 Å². The fraction of sp³-hybridized carbons (Fsp3) is 0.500. The van der Waals surface area contributed by atoms with Crippen LogP contribution in [0.25, 0.3) is 10.9 Å². The Balaban J connectivity index is 1.75. The summed E-state index contributed by atoms with van der Waals surface area (Å²) < 4.78 is 0. The van der Waals surface area contributed by atoms with E-state index in [0.717, 1.165) is 22.7 Å². The molecule has 0 unspecified atom stereocenters. The van der Waals surface area contributed by atoms with E-state index in [-0.39, 0.29) is 5.56 Å². The van der Waals surface area contributed by atoms with Crippen LogP contribution in [0.3, 0.4) is 0 Å². The third kappa shape index (κ3) is 3.30. The van der Waals surface area contributed by atoms with Crippen molar-refractivity contribution in [1.29, 1.82) is 0 Å². The molecule has 1 aliphatic rings. The zero-order valence-corrected chi connectivity index (χ0v) is 13.4. The van der Waals surface area contributed by atoms with Crippen molar-refractivity contribution in [1.82, 2.24) is 14.9 Å². The molecule has 0 bridgehead atoms. The Hall–Kier alpha value is -1.33. The summed E-state index contributed by atoms with van der Waals surface area (Å²) >= 11 is 1.92. The lowest BCUT2D eigenvalue weighted by Gasteiger charge is -2.28. The number of rotatable bonds is 3. The number of aromatic amines is 1. The summed E-state index contributed by atoms with van der Waals surface area (Å²) in [4.78, 5) is 22.1. The molecule has 0 atom stereocenters. The first kappa shape index (κ1) is 14.6. The van der Waals surface area contributed by atoms with Gasteiger partial charge < -0.3 is 9.88 Å². The summed E-state index contributed by atoms with van der Waals surface area (Å²) in [6.45, 7) is 4.33. The molecule has 0 spiro atoms. The summed E-state index contributed by atoms with van der Waals surface area (Å²) in [5, 5.41) is 1.36. The molecule has 2 heterocycles. The van der Waals surface area contributed by atoms with Crippen molar-refractivity contribution in [3.05, 3.63) is 39.9 Å². The van der Waals surface area contributed by atoms with Crippen LogP contribution in [-0.2, 0) is 5.75 Å². The van der Waals surface area contributed by atoms with Crippen LogP contribution < -0.4 is 5.56 Å². The van der Waals surface area contributed by atoms with Crippen LogP contribution in [0.5, 0.6) is 0 Å². The van der Waals surface area contributed by atoms with E-state index >= 15 is 0 Å². The molecule has 2 aromatic rings. The first-order valence-corrected chi connectivity index (χ1v) is 8.47. The second kappa shape index (κ2) is 6.20. The highest BCUT2D eigenvalue weighted by Gasteiger charge is 2.17. The van der Waals surface area contributed by atoms with E-state index in [1.165, 1.54) is 25.9 Å². The molecule has 1 aromatic carbocycles. The molecule has 112 valence electrons. The van der Waals surface area contributed by atoms with Gasteiger partial charge in [0.2, 0.25) is 0 Å². The predicted molar refractivity (Wildman–Crippen MR) is 88.9 cm³/mol. The molecule has 1 aromatic heterocycles. The first-order valence-electron chi connectivity index (χ1n) is 7.42. The molecule has 1 N–H and O–H groups in total. The van der Waals surface area contributed by atoms with E-state index in [0.29, 0.717) is 10.6 Å². The number of para-hydroxylation sites is 1. The Morgan fingerprint density at radius 1 is 1.38 bits per heavy atom. The van der Waals surface area contributed by atoms with Gasteiger partial charge in [-0.1, -0.05) is 12.1 Å². The van der Waals surface area contributed by atoms with Crippen LogP contribution in [0.1, 0.15) is 24.2 Å².